The third kappa shape index (κ3) is 3.56. The van der Waals surface area contributed by atoms with Gasteiger partial charge in [-0.3, -0.25) is 0 Å². The topological polar surface area (TPSA) is 25.2 Å². The Labute approximate surface area is 92.4 Å². The lowest BCUT2D eigenvalue weighted by atomic mass is 10.2. The average molecular weight is 207 g/mol. The normalized spacial score (nSPS) is 14.9. The Kier molecular flexibility index (Phi) is 4.63. The second kappa shape index (κ2) is 5.76. The molecule has 0 fully saturated rings. The lowest BCUT2D eigenvalue weighted by Crippen LogP contribution is -2.28. The first-order valence-corrected chi connectivity index (χ1v) is 5.63. The summed E-state index contributed by atoms with van der Waals surface area (Å²) in [5, 5.41) is 3.47. The molecule has 0 aliphatic carbocycles. The first-order valence-electron chi connectivity index (χ1n) is 5.63. The lowest BCUT2D eigenvalue weighted by molar-refractivity contribution is 0.384. The molecular weight excluding hydrogens is 186 g/mol. The Morgan fingerprint density at radius 3 is 2.73 bits per heavy atom. The maximum atomic E-state index is 5.69. The summed E-state index contributed by atoms with van der Waals surface area (Å²) in [5.74, 6) is 2.07. The van der Waals surface area contributed by atoms with Gasteiger partial charge in [0, 0.05) is 12.5 Å². The van der Waals surface area contributed by atoms with Gasteiger partial charge in [-0.25, -0.2) is 0 Å². The molecule has 1 rings (SSSR count). The monoisotopic (exact) mass is 207 g/mol. The van der Waals surface area contributed by atoms with E-state index in [1.165, 1.54) is 0 Å². The molecule has 0 radical (unpaired) electrons. The molecule has 1 aromatic heterocycles. The van der Waals surface area contributed by atoms with Crippen molar-refractivity contribution in [3.8, 4) is 0 Å². The molecular formula is C13H21NO. The molecule has 0 saturated carbocycles. The Bertz CT molecular complexity index is 303. The molecule has 0 aliphatic heterocycles. The zero-order valence-electron chi connectivity index (χ0n) is 9.92. The smallest absolute Gasteiger partial charge is 0.120 e. The Morgan fingerprint density at radius 2 is 2.20 bits per heavy atom. The molecule has 2 atom stereocenters. The van der Waals surface area contributed by atoms with E-state index in [2.05, 4.69) is 38.7 Å². The molecule has 0 bridgehead atoms. The summed E-state index contributed by atoms with van der Waals surface area (Å²) in [5.41, 5.74) is 0. The van der Waals surface area contributed by atoms with E-state index in [1.807, 2.05) is 12.1 Å². The van der Waals surface area contributed by atoms with Crippen LogP contribution < -0.4 is 5.32 Å². The fraction of sp³-hybridized carbons (Fsp3) is 0.538. The van der Waals surface area contributed by atoms with Crippen LogP contribution in [0.15, 0.2) is 29.2 Å². The zero-order valence-corrected chi connectivity index (χ0v) is 9.92. The van der Waals surface area contributed by atoms with Gasteiger partial charge in [0.25, 0.3) is 0 Å². The van der Waals surface area contributed by atoms with Gasteiger partial charge >= 0.3 is 0 Å². The highest BCUT2D eigenvalue weighted by Gasteiger charge is 2.11. The Morgan fingerprint density at radius 1 is 1.47 bits per heavy atom. The van der Waals surface area contributed by atoms with E-state index in [0.717, 1.165) is 24.4 Å². The quantitative estimate of drug-likeness (QED) is 0.723. The van der Waals surface area contributed by atoms with Crippen molar-refractivity contribution >= 4 is 0 Å². The fourth-order valence-corrected chi connectivity index (χ4v) is 1.64. The minimum Gasteiger partial charge on any atom is -0.464 e. The van der Waals surface area contributed by atoms with Gasteiger partial charge in [-0.05, 0) is 32.4 Å². The van der Waals surface area contributed by atoms with E-state index in [9.17, 15) is 0 Å². The van der Waals surface area contributed by atoms with Crippen molar-refractivity contribution in [1.29, 1.82) is 0 Å². The largest absolute Gasteiger partial charge is 0.464 e. The molecule has 0 spiro atoms. The highest BCUT2D eigenvalue weighted by molar-refractivity contribution is 5.10. The van der Waals surface area contributed by atoms with Crippen LogP contribution in [0.1, 0.15) is 44.8 Å². The first-order chi connectivity index (χ1) is 7.17. The van der Waals surface area contributed by atoms with Crippen molar-refractivity contribution in [3.05, 3.63) is 36.3 Å². The van der Waals surface area contributed by atoms with E-state index in [-0.39, 0.29) is 6.04 Å². The summed E-state index contributed by atoms with van der Waals surface area (Å²) in [6.07, 6.45) is 3.87. The van der Waals surface area contributed by atoms with E-state index in [4.69, 9.17) is 4.42 Å². The van der Waals surface area contributed by atoms with Crippen molar-refractivity contribution in [2.75, 3.05) is 0 Å². The van der Waals surface area contributed by atoms with Crippen molar-refractivity contribution < 1.29 is 4.42 Å². The molecule has 15 heavy (non-hydrogen) atoms. The maximum Gasteiger partial charge on any atom is 0.120 e. The van der Waals surface area contributed by atoms with Crippen molar-refractivity contribution in [1.82, 2.24) is 5.32 Å². The van der Waals surface area contributed by atoms with Crippen LogP contribution in [0.5, 0.6) is 0 Å². The van der Waals surface area contributed by atoms with Crippen LogP contribution in [0.4, 0.5) is 0 Å². The molecule has 0 aromatic carbocycles. The molecule has 0 saturated heterocycles. The van der Waals surface area contributed by atoms with Gasteiger partial charge in [0.05, 0.1) is 6.04 Å². The standard InChI is InChI=1S/C13H21NO/c1-5-7-10(3)14-11(4)13-9-8-12(6-2)15-13/h5,8-11,14H,1,6-7H2,2-4H3. The van der Waals surface area contributed by atoms with Crippen molar-refractivity contribution in [2.24, 2.45) is 0 Å². The van der Waals surface area contributed by atoms with Gasteiger partial charge in [-0.1, -0.05) is 13.0 Å². The second-order valence-corrected chi connectivity index (χ2v) is 3.97. The van der Waals surface area contributed by atoms with Crippen LogP contribution in [0.25, 0.3) is 0 Å². The molecule has 84 valence electrons. The van der Waals surface area contributed by atoms with Gasteiger partial charge in [-0.15, -0.1) is 6.58 Å². The van der Waals surface area contributed by atoms with Crippen molar-refractivity contribution in [2.45, 2.75) is 45.7 Å². The van der Waals surface area contributed by atoms with Crippen LogP contribution in [-0.4, -0.2) is 6.04 Å². The molecule has 1 aromatic rings. The number of nitrogens with one attached hydrogen (secondary N) is 1. The summed E-state index contributed by atoms with van der Waals surface area (Å²) < 4.78 is 5.69. The van der Waals surface area contributed by atoms with Gasteiger partial charge < -0.3 is 9.73 Å². The van der Waals surface area contributed by atoms with Gasteiger partial charge in [0.15, 0.2) is 0 Å². The third-order valence-corrected chi connectivity index (χ3v) is 2.51. The van der Waals surface area contributed by atoms with E-state index < -0.39 is 0 Å². The lowest BCUT2D eigenvalue weighted by Gasteiger charge is -2.16. The minimum absolute atomic E-state index is 0.264. The van der Waals surface area contributed by atoms with Crippen LogP contribution >= 0.6 is 0 Å². The summed E-state index contributed by atoms with van der Waals surface area (Å²) in [6, 6.07) is 4.80. The van der Waals surface area contributed by atoms with Gasteiger partial charge in [0.2, 0.25) is 0 Å². The number of rotatable bonds is 6. The van der Waals surface area contributed by atoms with Crippen LogP contribution in [-0.2, 0) is 6.42 Å². The maximum absolute atomic E-state index is 5.69. The molecule has 1 heterocycles. The highest BCUT2D eigenvalue weighted by atomic mass is 16.3. The Balaban J connectivity index is 2.52. The van der Waals surface area contributed by atoms with E-state index in [0.29, 0.717) is 6.04 Å². The summed E-state index contributed by atoms with van der Waals surface area (Å²) >= 11 is 0. The second-order valence-electron chi connectivity index (χ2n) is 3.97. The number of furan rings is 1. The zero-order chi connectivity index (χ0) is 11.3. The molecule has 2 nitrogen and oxygen atoms in total. The number of aryl methyl sites for hydroxylation is 1. The summed E-state index contributed by atoms with van der Waals surface area (Å²) in [7, 11) is 0. The van der Waals surface area contributed by atoms with Gasteiger partial charge in [0.1, 0.15) is 11.5 Å². The molecule has 0 aliphatic rings. The fourth-order valence-electron chi connectivity index (χ4n) is 1.64. The molecule has 1 N–H and O–H groups in total. The molecule has 2 heteroatoms. The highest BCUT2D eigenvalue weighted by Crippen LogP contribution is 2.17. The van der Waals surface area contributed by atoms with Gasteiger partial charge in [-0.2, -0.15) is 0 Å². The third-order valence-electron chi connectivity index (χ3n) is 2.51. The minimum atomic E-state index is 0.264. The molecule has 2 unspecified atom stereocenters. The van der Waals surface area contributed by atoms with Crippen molar-refractivity contribution in [3.63, 3.8) is 0 Å². The summed E-state index contributed by atoms with van der Waals surface area (Å²) in [4.78, 5) is 0. The average Bonchev–Trinajstić information content (AvgIpc) is 2.66. The number of hydrogen-bond donors (Lipinski definition) is 1. The molecule has 0 amide bonds. The Hall–Kier alpha value is -1.02. The number of hydrogen-bond acceptors (Lipinski definition) is 2. The van der Waals surface area contributed by atoms with E-state index >= 15 is 0 Å². The SMILES string of the molecule is C=CCC(C)NC(C)c1ccc(CC)o1. The summed E-state index contributed by atoms with van der Waals surface area (Å²) in [6.45, 7) is 10.1. The predicted molar refractivity (Wildman–Crippen MR) is 63.9 cm³/mol. The van der Waals surface area contributed by atoms with Crippen LogP contribution in [0, 0.1) is 0 Å². The van der Waals surface area contributed by atoms with Crippen LogP contribution in [0.3, 0.4) is 0 Å². The first kappa shape index (κ1) is 12.1. The van der Waals surface area contributed by atoms with E-state index in [1.54, 1.807) is 0 Å². The van der Waals surface area contributed by atoms with Crippen LogP contribution in [0.2, 0.25) is 0 Å². The predicted octanol–water partition coefficient (Wildman–Crippen LogP) is 3.46.